The van der Waals surface area contributed by atoms with Gasteiger partial charge in [-0.3, -0.25) is 15.5 Å². The first kappa shape index (κ1) is 21.1. The maximum Gasteiger partial charge on any atom is 0.269 e. The normalized spacial score (nSPS) is 11.1. The molecule has 4 rings (SSSR count). The Morgan fingerprint density at radius 1 is 1.16 bits per heavy atom. The Morgan fingerprint density at radius 3 is 2.53 bits per heavy atom. The van der Waals surface area contributed by atoms with Gasteiger partial charge in [0.2, 0.25) is 5.13 Å². The highest BCUT2D eigenvalue weighted by Gasteiger charge is 2.16. The van der Waals surface area contributed by atoms with Crippen molar-refractivity contribution >= 4 is 34.1 Å². The molecule has 162 valence electrons. The van der Waals surface area contributed by atoms with E-state index in [1.807, 2.05) is 55.6 Å². The van der Waals surface area contributed by atoms with E-state index in [4.69, 9.17) is 0 Å². The highest BCUT2D eigenvalue weighted by Crippen LogP contribution is 2.27. The van der Waals surface area contributed by atoms with Crippen molar-refractivity contribution in [3.63, 3.8) is 0 Å². The lowest BCUT2D eigenvalue weighted by Gasteiger charge is -2.11. The summed E-state index contributed by atoms with van der Waals surface area (Å²) in [6.45, 7) is 1.87. The molecule has 32 heavy (non-hydrogen) atoms. The summed E-state index contributed by atoms with van der Waals surface area (Å²) in [7, 11) is 3.99. The summed E-state index contributed by atoms with van der Waals surface area (Å²) in [6.07, 6.45) is 1.73. The van der Waals surface area contributed by atoms with Crippen LogP contribution in [-0.4, -0.2) is 45.2 Å². The van der Waals surface area contributed by atoms with Gasteiger partial charge in [-0.05, 0) is 36.8 Å². The third kappa shape index (κ3) is 4.47. The fraction of sp³-hybridized carbons (Fsp3) is 0.143. The number of aromatic nitrogens is 4. The molecular formula is C21H20N8O2S. The van der Waals surface area contributed by atoms with E-state index >= 15 is 0 Å². The van der Waals surface area contributed by atoms with Crippen LogP contribution in [0.5, 0.6) is 0 Å². The molecule has 0 amide bonds. The van der Waals surface area contributed by atoms with Crippen LogP contribution in [0.3, 0.4) is 0 Å². The van der Waals surface area contributed by atoms with Gasteiger partial charge in [0.05, 0.1) is 22.5 Å². The molecule has 0 aliphatic rings. The smallest absolute Gasteiger partial charge is 0.269 e. The molecule has 0 aliphatic heterocycles. The lowest BCUT2D eigenvalue weighted by Crippen LogP contribution is -2.08. The van der Waals surface area contributed by atoms with Gasteiger partial charge in [-0.15, -0.1) is 16.4 Å². The third-order valence-electron chi connectivity index (χ3n) is 4.73. The number of nitrogens with zero attached hydrogens (tertiary/aromatic N) is 7. The van der Waals surface area contributed by atoms with E-state index < -0.39 is 4.92 Å². The van der Waals surface area contributed by atoms with E-state index in [9.17, 15) is 10.1 Å². The Balaban J connectivity index is 1.46. The van der Waals surface area contributed by atoms with Crippen LogP contribution in [-0.2, 0) is 0 Å². The highest BCUT2D eigenvalue weighted by molar-refractivity contribution is 7.14. The average molecular weight is 449 g/mol. The highest BCUT2D eigenvalue weighted by atomic mass is 32.1. The fourth-order valence-electron chi connectivity index (χ4n) is 2.98. The number of nitro groups is 1. The SMILES string of the molecule is Cc1c(-c2csc(N/N=C/c3ccc(N(C)C)cc3)n2)nnn1-c1ccc([N+](=O)[O-])cc1. The van der Waals surface area contributed by atoms with Crippen LogP contribution < -0.4 is 10.3 Å². The Hall–Kier alpha value is -4.12. The minimum atomic E-state index is -0.436. The number of benzene rings is 2. The molecule has 0 atom stereocenters. The Morgan fingerprint density at radius 2 is 1.88 bits per heavy atom. The molecule has 4 aromatic rings. The van der Waals surface area contributed by atoms with Crippen molar-refractivity contribution in [2.45, 2.75) is 6.92 Å². The molecule has 2 heterocycles. The predicted molar refractivity (Wildman–Crippen MR) is 126 cm³/mol. The lowest BCUT2D eigenvalue weighted by molar-refractivity contribution is -0.384. The summed E-state index contributed by atoms with van der Waals surface area (Å²) >= 11 is 1.41. The van der Waals surface area contributed by atoms with Crippen LogP contribution in [0.25, 0.3) is 17.1 Å². The number of anilines is 2. The number of nitro benzene ring substituents is 1. The molecule has 0 aliphatic carbocycles. The summed E-state index contributed by atoms with van der Waals surface area (Å²) in [5, 5.41) is 26.0. The maximum atomic E-state index is 10.8. The first-order chi connectivity index (χ1) is 15.4. The van der Waals surface area contributed by atoms with E-state index in [1.54, 1.807) is 23.0 Å². The molecule has 0 saturated heterocycles. The van der Waals surface area contributed by atoms with Crippen LogP contribution >= 0.6 is 11.3 Å². The number of hydrogen-bond acceptors (Lipinski definition) is 9. The van der Waals surface area contributed by atoms with Crippen molar-refractivity contribution in [1.82, 2.24) is 20.0 Å². The molecule has 11 heteroatoms. The zero-order valence-corrected chi connectivity index (χ0v) is 18.4. The zero-order chi connectivity index (χ0) is 22.7. The minimum Gasteiger partial charge on any atom is -0.378 e. The van der Waals surface area contributed by atoms with Crippen molar-refractivity contribution in [3.8, 4) is 17.1 Å². The summed E-state index contributed by atoms with van der Waals surface area (Å²) in [5.74, 6) is 0. The van der Waals surface area contributed by atoms with E-state index in [0.717, 1.165) is 16.9 Å². The van der Waals surface area contributed by atoms with E-state index in [1.165, 1.54) is 23.5 Å². The van der Waals surface area contributed by atoms with Crippen molar-refractivity contribution in [2.24, 2.45) is 5.10 Å². The van der Waals surface area contributed by atoms with E-state index in [2.05, 4.69) is 25.8 Å². The van der Waals surface area contributed by atoms with Gasteiger partial charge in [0, 0.05) is 37.3 Å². The van der Waals surface area contributed by atoms with Crippen molar-refractivity contribution in [1.29, 1.82) is 0 Å². The summed E-state index contributed by atoms with van der Waals surface area (Å²) in [6, 6.07) is 14.2. The van der Waals surface area contributed by atoms with E-state index in [-0.39, 0.29) is 5.69 Å². The second-order valence-electron chi connectivity index (χ2n) is 7.10. The van der Waals surface area contributed by atoms with Crippen molar-refractivity contribution in [2.75, 3.05) is 24.4 Å². The third-order valence-corrected chi connectivity index (χ3v) is 5.48. The molecule has 0 saturated carbocycles. The first-order valence-corrected chi connectivity index (χ1v) is 10.5. The number of rotatable bonds is 7. The fourth-order valence-corrected chi connectivity index (χ4v) is 3.63. The molecule has 2 aromatic carbocycles. The lowest BCUT2D eigenvalue weighted by atomic mass is 10.2. The predicted octanol–water partition coefficient (Wildman–Crippen LogP) is 4.12. The Bertz CT molecular complexity index is 1260. The van der Waals surface area contributed by atoms with Gasteiger partial charge in [-0.25, -0.2) is 9.67 Å². The molecule has 0 spiro atoms. The number of nitrogens with one attached hydrogen (secondary N) is 1. The monoisotopic (exact) mass is 448 g/mol. The van der Waals surface area contributed by atoms with Gasteiger partial charge in [0.25, 0.3) is 5.69 Å². The Labute approximate surface area is 188 Å². The second-order valence-corrected chi connectivity index (χ2v) is 7.96. The van der Waals surface area contributed by atoms with Gasteiger partial charge in [-0.1, -0.05) is 17.3 Å². The van der Waals surface area contributed by atoms with Gasteiger partial charge >= 0.3 is 0 Å². The van der Waals surface area contributed by atoms with E-state index in [0.29, 0.717) is 22.2 Å². The van der Waals surface area contributed by atoms with Crippen molar-refractivity contribution in [3.05, 3.63) is 75.3 Å². The zero-order valence-electron chi connectivity index (χ0n) is 17.6. The summed E-state index contributed by atoms with van der Waals surface area (Å²) in [5.41, 5.74) is 7.84. The van der Waals surface area contributed by atoms with Crippen LogP contribution in [0.1, 0.15) is 11.3 Å². The Kier molecular flexibility index (Phi) is 5.90. The largest absolute Gasteiger partial charge is 0.378 e. The van der Waals surface area contributed by atoms with Crippen LogP contribution in [0.2, 0.25) is 0 Å². The number of thiazole rings is 1. The number of non-ortho nitro benzene ring substituents is 1. The first-order valence-electron chi connectivity index (χ1n) is 9.62. The number of hydrogen-bond donors (Lipinski definition) is 1. The van der Waals surface area contributed by atoms with Gasteiger partial charge in [0.15, 0.2) is 0 Å². The van der Waals surface area contributed by atoms with Crippen LogP contribution in [0, 0.1) is 17.0 Å². The molecule has 2 aromatic heterocycles. The summed E-state index contributed by atoms with van der Waals surface area (Å²) < 4.78 is 1.63. The topological polar surface area (TPSA) is 114 Å². The van der Waals surface area contributed by atoms with Gasteiger partial charge in [0.1, 0.15) is 11.4 Å². The minimum absolute atomic E-state index is 0.0242. The molecular weight excluding hydrogens is 428 g/mol. The maximum absolute atomic E-state index is 10.8. The molecule has 0 unspecified atom stereocenters. The average Bonchev–Trinajstić information content (AvgIpc) is 3.40. The van der Waals surface area contributed by atoms with Crippen LogP contribution in [0.15, 0.2) is 59.0 Å². The molecule has 0 radical (unpaired) electrons. The molecule has 1 N–H and O–H groups in total. The van der Waals surface area contributed by atoms with Gasteiger partial charge < -0.3 is 4.90 Å². The second kappa shape index (κ2) is 8.94. The van der Waals surface area contributed by atoms with Gasteiger partial charge in [-0.2, -0.15) is 5.10 Å². The summed E-state index contributed by atoms with van der Waals surface area (Å²) in [4.78, 5) is 17.0. The standard InChI is InChI=1S/C21H20N8O2S/c1-14-20(24-26-28(14)17-8-10-18(11-9-17)29(30)31)19-13-32-21(23-19)25-22-12-15-4-6-16(7-5-15)27(2)3/h4-13H,1-3H3,(H,23,25)/b22-12+. The number of hydrazone groups is 1. The van der Waals surface area contributed by atoms with Crippen molar-refractivity contribution < 1.29 is 4.92 Å². The quantitative estimate of drug-likeness (QED) is 0.257. The van der Waals surface area contributed by atoms with Crippen LogP contribution in [0.4, 0.5) is 16.5 Å². The molecule has 0 bridgehead atoms. The molecule has 10 nitrogen and oxygen atoms in total. The molecule has 0 fully saturated rings.